The molecule has 0 saturated carbocycles. The molecule has 45 heavy (non-hydrogen) atoms. The van der Waals surface area contributed by atoms with Crippen LogP contribution in [0.3, 0.4) is 0 Å². The predicted molar refractivity (Wildman–Crippen MR) is 164 cm³/mol. The van der Waals surface area contributed by atoms with E-state index in [4.69, 9.17) is 4.84 Å². The standard InChI is InChI=1S/C33H29F2N3O6Si/c1-45(2)27-12-21(36-14-19(34)15-36)4-7-24(27)31(25-8-5-22(13-28(25)45)37-16-20(35)17-37)26-11-18(3-6-23(26)32(41)42)33(43)44-38-29(39)9-10-30(38)40/h3-8,11-13,19-20H,9-10,14-17H2,1-2H3/p+1. The summed E-state index contributed by atoms with van der Waals surface area (Å²) in [5.74, 6) is -3.42. The SMILES string of the molecule is C[Si]1(C)C2=CC(=[N+]3CC(F)C3)C=CC2=C(c2cc(C(=O)ON3C(=O)CCC3=O)ccc2C(=O)O)c2ccc(N3CC(F)C3)cc21. The molecule has 2 amide bonds. The first-order valence-electron chi connectivity index (χ1n) is 14.8. The first kappa shape index (κ1) is 29.0. The van der Waals surface area contributed by atoms with Gasteiger partial charge >= 0.3 is 11.9 Å². The van der Waals surface area contributed by atoms with E-state index in [0.29, 0.717) is 36.8 Å². The number of hydrogen-bond acceptors (Lipinski definition) is 6. The molecule has 0 radical (unpaired) electrons. The lowest BCUT2D eigenvalue weighted by molar-refractivity contribution is -0.599. The lowest BCUT2D eigenvalue weighted by atomic mass is 9.86. The number of anilines is 1. The molecule has 0 spiro atoms. The summed E-state index contributed by atoms with van der Waals surface area (Å²) in [7, 11) is -2.47. The Labute approximate surface area is 258 Å². The fourth-order valence-electron chi connectivity index (χ4n) is 6.64. The van der Waals surface area contributed by atoms with Crippen LogP contribution in [-0.4, -0.2) is 90.8 Å². The summed E-state index contributed by atoms with van der Waals surface area (Å²) in [6.07, 6.45) is 4.00. The van der Waals surface area contributed by atoms with Crippen molar-refractivity contribution < 1.29 is 42.5 Å². The van der Waals surface area contributed by atoms with Gasteiger partial charge in [-0.1, -0.05) is 19.2 Å². The fourth-order valence-corrected chi connectivity index (χ4v) is 9.71. The smallest absolute Gasteiger partial charge is 0.363 e. The number of carbonyl (C=O) groups excluding carboxylic acids is 3. The molecule has 4 aliphatic heterocycles. The van der Waals surface area contributed by atoms with E-state index in [0.717, 1.165) is 32.9 Å². The number of imide groups is 1. The van der Waals surface area contributed by atoms with Gasteiger partial charge in [-0.3, -0.25) is 9.59 Å². The van der Waals surface area contributed by atoms with Crippen LogP contribution in [0.2, 0.25) is 13.1 Å². The lowest BCUT2D eigenvalue weighted by Crippen LogP contribution is -2.52. The topological polar surface area (TPSA) is 107 Å². The number of fused-ring (bicyclic) bond motifs is 2. The van der Waals surface area contributed by atoms with Crippen molar-refractivity contribution >= 4 is 54.0 Å². The van der Waals surface area contributed by atoms with Crippen molar-refractivity contribution in [3.05, 3.63) is 87.6 Å². The highest BCUT2D eigenvalue weighted by Gasteiger charge is 2.43. The molecule has 12 heteroatoms. The molecule has 1 N–H and O–H groups in total. The Morgan fingerprint density at radius 3 is 2.31 bits per heavy atom. The van der Waals surface area contributed by atoms with E-state index >= 15 is 0 Å². The van der Waals surface area contributed by atoms with E-state index in [9.17, 15) is 33.1 Å². The Kier molecular flexibility index (Phi) is 6.73. The summed E-state index contributed by atoms with van der Waals surface area (Å²) in [5, 5.41) is 12.8. The van der Waals surface area contributed by atoms with Crippen molar-refractivity contribution in [2.75, 3.05) is 31.1 Å². The molecular formula is C33H30F2N3O6Si+. The second-order valence-electron chi connectivity index (χ2n) is 12.5. The zero-order chi connectivity index (χ0) is 31.8. The minimum atomic E-state index is -2.47. The lowest BCUT2D eigenvalue weighted by Gasteiger charge is -2.41. The van der Waals surface area contributed by atoms with Crippen molar-refractivity contribution in [2.24, 2.45) is 0 Å². The van der Waals surface area contributed by atoms with Crippen LogP contribution in [0.25, 0.3) is 5.57 Å². The van der Waals surface area contributed by atoms with E-state index in [-0.39, 0.29) is 29.5 Å². The molecule has 3 fully saturated rings. The zero-order valence-electron chi connectivity index (χ0n) is 24.7. The number of nitrogens with zero attached hydrogens (tertiary/aromatic N) is 3. The average Bonchev–Trinajstić information content (AvgIpc) is 3.30. The molecule has 0 aromatic heterocycles. The predicted octanol–water partition coefficient (Wildman–Crippen LogP) is 3.34. The Morgan fingerprint density at radius 1 is 0.956 bits per heavy atom. The second kappa shape index (κ2) is 10.4. The molecule has 0 bridgehead atoms. The van der Waals surface area contributed by atoms with E-state index in [1.807, 2.05) is 33.8 Å². The number of carboxylic acids is 1. The number of alkyl halides is 2. The number of allylic oxidation sites excluding steroid dienone is 5. The van der Waals surface area contributed by atoms with Crippen LogP contribution in [0, 0.1) is 0 Å². The number of aromatic carboxylic acids is 1. The number of benzene rings is 2. The van der Waals surface area contributed by atoms with Crippen molar-refractivity contribution in [1.82, 2.24) is 5.06 Å². The first-order valence-corrected chi connectivity index (χ1v) is 17.8. The van der Waals surface area contributed by atoms with E-state index in [1.54, 1.807) is 0 Å². The first-order chi connectivity index (χ1) is 21.4. The third-order valence-corrected chi connectivity index (χ3v) is 12.8. The minimum absolute atomic E-state index is 0.0300. The van der Waals surface area contributed by atoms with Gasteiger partial charge in [-0.05, 0) is 69.1 Å². The molecular weight excluding hydrogens is 600 g/mol. The van der Waals surface area contributed by atoms with Gasteiger partial charge in [0.1, 0.15) is 14.2 Å². The third-order valence-electron chi connectivity index (χ3n) is 9.23. The van der Waals surface area contributed by atoms with E-state index < -0.39 is 44.2 Å². The molecule has 2 aromatic carbocycles. The summed E-state index contributed by atoms with van der Waals surface area (Å²) in [6, 6.07) is 9.93. The van der Waals surface area contributed by atoms with Gasteiger partial charge in [0.05, 0.1) is 24.2 Å². The molecule has 5 aliphatic rings. The van der Waals surface area contributed by atoms with Crippen molar-refractivity contribution in [3.63, 3.8) is 0 Å². The summed E-state index contributed by atoms with van der Waals surface area (Å²) in [5.41, 5.74) is 4.15. The maximum atomic E-state index is 13.8. The maximum Gasteiger partial charge on any atom is 0.363 e. The minimum Gasteiger partial charge on any atom is -0.478 e. The fraction of sp³-hybridized carbons (Fsp3) is 0.303. The largest absolute Gasteiger partial charge is 0.478 e. The highest BCUT2D eigenvalue weighted by atomic mass is 28.3. The molecule has 7 rings (SSSR count). The molecule has 9 nitrogen and oxygen atoms in total. The number of hydroxylamine groups is 2. The molecule has 0 atom stereocenters. The van der Waals surface area contributed by atoms with Crippen molar-refractivity contribution in [3.8, 4) is 0 Å². The molecule has 1 aliphatic carbocycles. The van der Waals surface area contributed by atoms with Crippen LogP contribution in [-0.2, 0) is 14.4 Å². The summed E-state index contributed by atoms with van der Waals surface area (Å²) in [4.78, 5) is 57.1. The van der Waals surface area contributed by atoms with Gasteiger partial charge in [0.2, 0.25) is 6.17 Å². The quantitative estimate of drug-likeness (QED) is 0.307. The number of amides is 2. The summed E-state index contributed by atoms with van der Waals surface area (Å²) in [6.45, 7) is 5.60. The molecule has 4 heterocycles. The van der Waals surface area contributed by atoms with Crippen LogP contribution in [0.4, 0.5) is 14.5 Å². The highest BCUT2D eigenvalue weighted by Crippen LogP contribution is 2.43. The Bertz CT molecular complexity index is 1830. The van der Waals surface area contributed by atoms with Gasteiger partial charge < -0.3 is 14.8 Å². The molecule has 3 saturated heterocycles. The van der Waals surface area contributed by atoms with Gasteiger partial charge in [0.15, 0.2) is 18.8 Å². The van der Waals surface area contributed by atoms with Crippen LogP contribution < -0.4 is 10.1 Å². The van der Waals surface area contributed by atoms with Crippen LogP contribution in [0.5, 0.6) is 0 Å². The van der Waals surface area contributed by atoms with Gasteiger partial charge in [-0.2, -0.15) is 0 Å². The van der Waals surface area contributed by atoms with Crippen LogP contribution in [0.15, 0.2) is 65.4 Å². The monoisotopic (exact) mass is 630 g/mol. The Morgan fingerprint density at radius 2 is 1.67 bits per heavy atom. The summed E-state index contributed by atoms with van der Waals surface area (Å²) >= 11 is 0. The van der Waals surface area contributed by atoms with E-state index in [1.165, 1.54) is 18.2 Å². The Hall–Kier alpha value is -4.71. The van der Waals surface area contributed by atoms with Gasteiger partial charge in [0, 0.05) is 30.7 Å². The van der Waals surface area contributed by atoms with Crippen molar-refractivity contribution in [2.45, 2.75) is 38.3 Å². The van der Waals surface area contributed by atoms with Crippen LogP contribution >= 0.6 is 0 Å². The molecule has 0 unspecified atom stereocenters. The molecule has 230 valence electrons. The second-order valence-corrected chi connectivity index (χ2v) is 16.8. The van der Waals surface area contributed by atoms with Gasteiger partial charge in [-0.15, -0.1) is 5.06 Å². The number of halogens is 2. The van der Waals surface area contributed by atoms with Crippen LogP contribution in [0.1, 0.15) is 44.7 Å². The maximum absolute atomic E-state index is 13.8. The number of hydrogen-bond donors (Lipinski definition) is 1. The zero-order valence-corrected chi connectivity index (χ0v) is 25.7. The van der Waals surface area contributed by atoms with E-state index in [2.05, 4.69) is 25.2 Å². The summed E-state index contributed by atoms with van der Waals surface area (Å²) < 4.78 is 29.6. The van der Waals surface area contributed by atoms with Gasteiger partial charge in [-0.25, -0.2) is 22.9 Å². The average molecular weight is 631 g/mol. The normalized spacial score (nSPS) is 22.1. The Balaban J connectivity index is 1.41. The van der Waals surface area contributed by atoms with Gasteiger partial charge in [0.25, 0.3) is 11.8 Å². The number of rotatable bonds is 5. The number of carboxylic acid groups (broad SMARTS) is 1. The molecule has 2 aromatic rings. The number of carbonyl (C=O) groups is 4. The van der Waals surface area contributed by atoms with Crippen molar-refractivity contribution in [1.29, 1.82) is 0 Å². The highest BCUT2D eigenvalue weighted by molar-refractivity contribution is 6.98. The third kappa shape index (κ3) is 4.75.